The van der Waals surface area contributed by atoms with E-state index in [1.165, 1.54) is 6.07 Å². The minimum atomic E-state index is -0.377. The first-order chi connectivity index (χ1) is 13.5. The molecule has 3 aromatic carbocycles. The number of hydrogen-bond donors (Lipinski definition) is 1. The molecule has 7 heteroatoms. The van der Waals surface area contributed by atoms with Gasteiger partial charge >= 0.3 is 0 Å². The first kappa shape index (κ1) is 20.2. The van der Waals surface area contributed by atoms with E-state index in [0.717, 1.165) is 16.9 Å². The van der Waals surface area contributed by atoms with Gasteiger partial charge in [-0.1, -0.05) is 46.9 Å². The fourth-order valence-corrected chi connectivity index (χ4v) is 2.69. The summed E-state index contributed by atoms with van der Waals surface area (Å²) < 4.78 is 5.73. The summed E-state index contributed by atoms with van der Waals surface area (Å²) in [5.41, 5.74) is 4.66. The Labute approximate surface area is 177 Å². The molecule has 0 spiro atoms. The third-order valence-electron chi connectivity index (χ3n) is 3.76. The van der Waals surface area contributed by atoms with E-state index in [4.69, 9.17) is 39.5 Å². The molecular formula is C21H15Cl3N2O2. The molecule has 0 saturated carbocycles. The zero-order valence-corrected chi connectivity index (χ0v) is 16.8. The van der Waals surface area contributed by atoms with Crippen LogP contribution in [0, 0.1) is 0 Å². The number of carbonyl (C=O) groups is 1. The predicted molar refractivity (Wildman–Crippen MR) is 114 cm³/mol. The van der Waals surface area contributed by atoms with Crippen LogP contribution in [0.5, 0.6) is 5.75 Å². The van der Waals surface area contributed by atoms with Gasteiger partial charge in [-0.25, -0.2) is 5.43 Å². The number of hydrogen-bond acceptors (Lipinski definition) is 3. The topological polar surface area (TPSA) is 50.7 Å². The highest BCUT2D eigenvalue weighted by atomic mass is 35.5. The van der Waals surface area contributed by atoms with Crippen LogP contribution in [-0.4, -0.2) is 12.1 Å². The molecule has 3 rings (SSSR count). The second-order valence-corrected chi connectivity index (χ2v) is 7.06. The molecule has 4 nitrogen and oxygen atoms in total. The quantitative estimate of drug-likeness (QED) is 0.383. The van der Waals surface area contributed by atoms with Crippen LogP contribution in [-0.2, 0) is 6.61 Å². The van der Waals surface area contributed by atoms with Crippen molar-refractivity contribution >= 4 is 46.9 Å². The number of carbonyl (C=O) groups excluding carboxylic acids is 1. The Bertz CT molecular complexity index is 988. The number of hydrazone groups is 1. The Morgan fingerprint density at radius 3 is 2.32 bits per heavy atom. The van der Waals surface area contributed by atoms with Crippen molar-refractivity contribution in [2.24, 2.45) is 5.10 Å². The molecule has 0 fully saturated rings. The van der Waals surface area contributed by atoms with Gasteiger partial charge in [0.2, 0.25) is 0 Å². The molecule has 0 bridgehead atoms. The van der Waals surface area contributed by atoms with Crippen LogP contribution in [0.1, 0.15) is 21.5 Å². The lowest BCUT2D eigenvalue weighted by Crippen LogP contribution is -2.17. The maximum atomic E-state index is 12.0. The van der Waals surface area contributed by atoms with Crippen molar-refractivity contribution in [2.45, 2.75) is 6.61 Å². The number of nitrogens with one attached hydrogen (secondary N) is 1. The fourth-order valence-electron chi connectivity index (χ4n) is 2.26. The molecule has 0 heterocycles. The fraction of sp³-hybridized carbons (Fsp3) is 0.0476. The lowest BCUT2D eigenvalue weighted by Gasteiger charge is -2.06. The van der Waals surface area contributed by atoms with Gasteiger partial charge in [0.15, 0.2) is 0 Å². The number of nitrogens with zero attached hydrogens (tertiary/aromatic N) is 1. The molecule has 28 heavy (non-hydrogen) atoms. The average molecular weight is 434 g/mol. The van der Waals surface area contributed by atoms with Gasteiger partial charge < -0.3 is 4.74 Å². The Morgan fingerprint density at radius 2 is 1.64 bits per heavy atom. The summed E-state index contributed by atoms with van der Waals surface area (Å²) in [6.45, 7) is 0.449. The van der Waals surface area contributed by atoms with Crippen LogP contribution in [0.4, 0.5) is 0 Å². The van der Waals surface area contributed by atoms with Gasteiger partial charge in [0.25, 0.3) is 5.91 Å². The number of rotatable bonds is 6. The maximum absolute atomic E-state index is 12.0. The van der Waals surface area contributed by atoms with Crippen molar-refractivity contribution in [3.8, 4) is 5.75 Å². The van der Waals surface area contributed by atoms with E-state index >= 15 is 0 Å². The molecule has 0 atom stereocenters. The summed E-state index contributed by atoms with van der Waals surface area (Å²) in [6.07, 6.45) is 1.54. The zero-order valence-electron chi connectivity index (χ0n) is 14.5. The Morgan fingerprint density at radius 1 is 0.929 bits per heavy atom. The van der Waals surface area contributed by atoms with E-state index in [1.54, 1.807) is 18.3 Å². The molecule has 0 aliphatic heterocycles. The number of amides is 1. The molecule has 3 aromatic rings. The molecular weight excluding hydrogens is 419 g/mol. The van der Waals surface area contributed by atoms with Gasteiger partial charge in [-0.3, -0.25) is 4.79 Å². The molecule has 0 unspecified atom stereocenters. The Kier molecular flexibility index (Phi) is 6.93. The van der Waals surface area contributed by atoms with E-state index in [-0.39, 0.29) is 5.91 Å². The standard InChI is InChI=1S/C21H15Cl3N2O2/c22-17-6-1-15(2-7-17)13-28-18-8-3-14(4-9-18)12-25-26-21(27)16-5-10-19(23)20(24)11-16/h1-12H,13H2,(H,26,27). The van der Waals surface area contributed by atoms with Crippen molar-refractivity contribution in [3.63, 3.8) is 0 Å². The van der Waals surface area contributed by atoms with E-state index in [9.17, 15) is 4.79 Å². The highest BCUT2D eigenvalue weighted by Gasteiger charge is 2.06. The van der Waals surface area contributed by atoms with Crippen LogP contribution in [0.15, 0.2) is 71.8 Å². The highest BCUT2D eigenvalue weighted by Crippen LogP contribution is 2.22. The second-order valence-electron chi connectivity index (χ2n) is 5.81. The Balaban J connectivity index is 1.52. The predicted octanol–water partition coefficient (Wildman–Crippen LogP) is 5.99. The summed E-state index contributed by atoms with van der Waals surface area (Å²) in [6, 6.07) is 19.4. The third-order valence-corrected chi connectivity index (χ3v) is 4.75. The third kappa shape index (κ3) is 5.73. The largest absolute Gasteiger partial charge is 0.489 e. The van der Waals surface area contributed by atoms with Crippen molar-refractivity contribution in [3.05, 3.63) is 98.5 Å². The minimum absolute atomic E-state index is 0.312. The lowest BCUT2D eigenvalue weighted by atomic mass is 10.2. The van der Waals surface area contributed by atoms with E-state index in [1.807, 2.05) is 48.5 Å². The minimum Gasteiger partial charge on any atom is -0.489 e. The average Bonchev–Trinajstić information content (AvgIpc) is 2.70. The van der Waals surface area contributed by atoms with Crippen LogP contribution in [0.3, 0.4) is 0 Å². The first-order valence-electron chi connectivity index (χ1n) is 8.27. The van der Waals surface area contributed by atoms with Gasteiger partial charge in [-0.2, -0.15) is 5.10 Å². The lowest BCUT2D eigenvalue weighted by molar-refractivity contribution is 0.0955. The van der Waals surface area contributed by atoms with Crippen molar-refractivity contribution in [1.29, 1.82) is 0 Å². The van der Waals surface area contributed by atoms with E-state index in [0.29, 0.717) is 27.2 Å². The number of benzene rings is 3. The van der Waals surface area contributed by atoms with Gasteiger partial charge in [-0.15, -0.1) is 0 Å². The van der Waals surface area contributed by atoms with Gasteiger partial charge in [0, 0.05) is 10.6 Å². The Hall–Kier alpha value is -2.53. The molecule has 0 aromatic heterocycles. The molecule has 142 valence electrons. The second kappa shape index (κ2) is 9.60. The van der Waals surface area contributed by atoms with Crippen LogP contribution >= 0.6 is 34.8 Å². The summed E-state index contributed by atoms with van der Waals surface area (Å²) in [5.74, 6) is 0.352. The first-order valence-corrected chi connectivity index (χ1v) is 9.40. The number of ether oxygens (including phenoxy) is 1. The molecule has 0 aliphatic rings. The number of halogens is 3. The molecule has 0 radical (unpaired) electrons. The van der Waals surface area contributed by atoms with Gasteiger partial charge in [-0.05, 0) is 65.7 Å². The molecule has 1 N–H and O–H groups in total. The van der Waals surface area contributed by atoms with Crippen LogP contribution in [0.25, 0.3) is 0 Å². The van der Waals surface area contributed by atoms with Crippen molar-refractivity contribution < 1.29 is 9.53 Å². The summed E-state index contributed by atoms with van der Waals surface area (Å²) >= 11 is 17.6. The molecule has 0 aliphatic carbocycles. The van der Waals surface area contributed by atoms with E-state index in [2.05, 4.69) is 10.5 Å². The maximum Gasteiger partial charge on any atom is 0.271 e. The summed E-state index contributed by atoms with van der Waals surface area (Å²) in [4.78, 5) is 12.0. The molecule has 0 saturated heterocycles. The SMILES string of the molecule is O=C(NN=Cc1ccc(OCc2ccc(Cl)cc2)cc1)c1ccc(Cl)c(Cl)c1. The zero-order chi connectivity index (χ0) is 19.9. The highest BCUT2D eigenvalue weighted by molar-refractivity contribution is 6.42. The van der Waals surface area contributed by atoms with Crippen LogP contribution in [0.2, 0.25) is 15.1 Å². The molecule has 1 amide bonds. The van der Waals surface area contributed by atoms with Gasteiger partial charge in [0.1, 0.15) is 12.4 Å². The van der Waals surface area contributed by atoms with E-state index < -0.39 is 0 Å². The van der Waals surface area contributed by atoms with Crippen LogP contribution < -0.4 is 10.2 Å². The van der Waals surface area contributed by atoms with Crippen molar-refractivity contribution in [2.75, 3.05) is 0 Å². The van der Waals surface area contributed by atoms with Crippen molar-refractivity contribution in [1.82, 2.24) is 5.43 Å². The van der Waals surface area contributed by atoms with Gasteiger partial charge in [0.05, 0.1) is 16.3 Å². The summed E-state index contributed by atoms with van der Waals surface area (Å²) in [5, 5.41) is 5.34. The normalized spacial score (nSPS) is 10.8. The summed E-state index contributed by atoms with van der Waals surface area (Å²) in [7, 11) is 0. The smallest absolute Gasteiger partial charge is 0.271 e. The monoisotopic (exact) mass is 432 g/mol.